The number of hydrogen-bond donors (Lipinski definition) is 0. The van der Waals surface area contributed by atoms with E-state index in [4.69, 9.17) is 4.18 Å². The van der Waals surface area contributed by atoms with E-state index in [0.717, 1.165) is 0 Å². The van der Waals surface area contributed by atoms with Crippen molar-refractivity contribution in [1.82, 2.24) is 9.78 Å². The fourth-order valence-electron chi connectivity index (χ4n) is 1.05. The molecular formula is C8H14N2O3S. The molecule has 0 fully saturated rings. The van der Waals surface area contributed by atoms with Gasteiger partial charge < -0.3 is 4.18 Å². The Bertz CT molecular complexity index is 383. The third-order valence-electron chi connectivity index (χ3n) is 1.64. The Hall–Kier alpha value is -1.04. The molecule has 80 valence electrons. The number of aryl methyl sites for hydroxylation is 1. The lowest BCUT2D eigenvalue weighted by molar-refractivity contribution is 0.444. The van der Waals surface area contributed by atoms with Gasteiger partial charge in [0.2, 0.25) is 5.88 Å². The molecule has 5 nitrogen and oxygen atoms in total. The second kappa shape index (κ2) is 4.45. The van der Waals surface area contributed by atoms with Crippen LogP contribution in [0.1, 0.15) is 20.3 Å². The molecule has 0 unspecified atom stereocenters. The third-order valence-corrected chi connectivity index (χ3v) is 2.98. The molecule has 0 N–H and O–H groups in total. The normalized spacial score (nSPS) is 11.6. The Balaban J connectivity index is 2.78. The van der Waals surface area contributed by atoms with Crippen molar-refractivity contribution in [2.24, 2.45) is 0 Å². The molecule has 0 spiro atoms. The molecule has 14 heavy (non-hydrogen) atoms. The van der Waals surface area contributed by atoms with Gasteiger partial charge in [-0.15, -0.1) is 0 Å². The average molecular weight is 218 g/mol. The molecule has 0 radical (unpaired) electrons. The molecule has 6 heteroatoms. The summed E-state index contributed by atoms with van der Waals surface area (Å²) >= 11 is 0. The van der Waals surface area contributed by atoms with Crippen LogP contribution in [-0.2, 0) is 16.7 Å². The van der Waals surface area contributed by atoms with Gasteiger partial charge in [-0.1, -0.05) is 6.92 Å². The third kappa shape index (κ3) is 2.73. The van der Waals surface area contributed by atoms with Crippen LogP contribution < -0.4 is 4.18 Å². The molecule has 0 saturated heterocycles. The van der Waals surface area contributed by atoms with Crippen molar-refractivity contribution in [3.05, 3.63) is 12.3 Å². The van der Waals surface area contributed by atoms with Gasteiger partial charge in [0.25, 0.3) is 0 Å². The van der Waals surface area contributed by atoms with E-state index in [2.05, 4.69) is 5.10 Å². The van der Waals surface area contributed by atoms with Crippen molar-refractivity contribution in [1.29, 1.82) is 0 Å². The first kappa shape index (κ1) is 11.0. The van der Waals surface area contributed by atoms with Gasteiger partial charge in [0.15, 0.2) is 0 Å². The van der Waals surface area contributed by atoms with Crippen molar-refractivity contribution in [2.75, 3.05) is 5.75 Å². The summed E-state index contributed by atoms with van der Waals surface area (Å²) in [5, 5.41) is 3.91. The van der Waals surface area contributed by atoms with Crippen LogP contribution in [0.3, 0.4) is 0 Å². The van der Waals surface area contributed by atoms with Gasteiger partial charge in [-0.2, -0.15) is 13.5 Å². The van der Waals surface area contributed by atoms with Gasteiger partial charge in [-0.3, -0.25) is 0 Å². The van der Waals surface area contributed by atoms with Crippen LogP contribution in [0.15, 0.2) is 12.3 Å². The summed E-state index contributed by atoms with van der Waals surface area (Å²) < 4.78 is 29.0. The van der Waals surface area contributed by atoms with Crippen molar-refractivity contribution in [3.63, 3.8) is 0 Å². The summed E-state index contributed by atoms with van der Waals surface area (Å²) in [6.45, 7) is 4.24. The summed E-state index contributed by atoms with van der Waals surface area (Å²) in [6.07, 6.45) is 2.06. The fraction of sp³-hybridized carbons (Fsp3) is 0.625. The lowest BCUT2D eigenvalue weighted by Crippen LogP contribution is -2.15. The van der Waals surface area contributed by atoms with Crippen LogP contribution >= 0.6 is 0 Å². The molecule has 0 saturated carbocycles. The van der Waals surface area contributed by atoms with Crippen LogP contribution in [0.25, 0.3) is 0 Å². The number of hydrogen-bond acceptors (Lipinski definition) is 4. The Morgan fingerprint density at radius 1 is 1.50 bits per heavy atom. The predicted molar refractivity (Wildman–Crippen MR) is 52.6 cm³/mol. The molecule has 0 aliphatic heterocycles. The summed E-state index contributed by atoms with van der Waals surface area (Å²) in [6, 6.07) is 1.54. The van der Waals surface area contributed by atoms with E-state index in [1.807, 2.05) is 6.92 Å². The van der Waals surface area contributed by atoms with Gasteiger partial charge in [-0.25, -0.2) is 4.68 Å². The Morgan fingerprint density at radius 3 is 2.79 bits per heavy atom. The molecule has 1 rings (SSSR count). The lowest BCUT2D eigenvalue weighted by Gasteiger charge is -2.06. The van der Waals surface area contributed by atoms with E-state index < -0.39 is 10.1 Å². The highest BCUT2D eigenvalue weighted by Gasteiger charge is 2.13. The quantitative estimate of drug-likeness (QED) is 0.692. The van der Waals surface area contributed by atoms with Crippen molar-refractivity contribution >= 4 is 10.1 Å². The van der Waals surface area contributed by atoms with Gasteiger partial charge >= 0.3 is 10.1 Å². The maximum atomic E-state index is 11.3. The zero-order valence-corrected chi connectivity index (χ0v) is 9.12. The van der Waals surface area contributed by atoms with Gasteiger partial charge in [-0.05, 0) is 13.3 Å². The highest BCUT2D eigenvalue weighted by molar-refractivity contribution is 7.87. The largest absolute Gasteiger partial charge is 0.362 e. The van der Waals surface area contributed by atoms with Gasteiger partial charge in [0.1, 0.15) is 0 Å². The molecule has 1 aromatic heterocycles. The molecule has 1 heterocycles. The SMILES string of the molecule is CCCS(=O)(=O)Oc1ccnn1CC. The second-order valence-electron chi connectivity index (χ2n) is 2.83. The van der Waals surface area contributed by atoms with Gasteiger partial charge in [0, 0.05) is 12.6 Å². The number of nitrogens with zero attached hydrogens (tertiary/aromatic N) is 2. The zero-order valence-electron chi connectivity index (χ0n) is 8.30. The van der Waals surface area contributed by atoms with Crippen LogP contribution in [0, 0.1) is 0 Å². The monoisotopic (exact) mass is 218 g/mol. The van der Waals surface area contributed by atoms with E-state index in [9.17, 15) is 8.42 Å². The summed E-state index contributed by atoms with van der Waals surface area (Å²) in [4.78, 5) is 0. The molecule has 1 aromatic rings. The Morgan fingerprint density at radius 2 is 2.21 bits per heavy atom. The van der Waals surface area contributed by atoms with E-state index in [1.54, 1.807) is 6.92 Å². The fourth-order valence-corrected chi connectivity index (χ4v) is 2.04. The van der Waals surface area contributed by atoms with E-state index >= 15 is 0 Å². The van der Waals surface area contributed by atoms with Crippen molar-refractivity contribution < 1.29 is 12.6 Å². The van der Waals surface area contributed by atoms with Crippen LogP contribution in [-0.4, -0.2) is 24.0 Å². The van der Waals surface area contributed by atoms with E-state index in [0.29, 0.717) is 13.0 Å². The van der Waals surface area contributed by atoms with Gasteiger partial charge in [0.05, 0.1) is 11.9 Å². The summed E-state index contributed by atoms with van der Waals surface area (Å²) in [5.74, 6) is 0.308. The van der Waals surface area contributed by atoms with E-state index in [-0.39, 0.29) is 11.6 Å². The topological polar surface area (TPSA) is 61.2 Å². The molecule has 0 atom stereocenters. The smallest absolute Gasteiger partial charge is 0.310 e. The van der Waals surface area contributed by atoms with E-state index in [1.165, 1.54) is 16.9 Å². The number of aromatic nitrogens is 2. The maximum absolute atomic E-state index is 11.3. The van der Waals surface area contributed by atoms with Crippen LogP contribution in [0.5, 0.6) is 5.88 Å². The highest BCUT2D eigenvalue weighted by Crippen LogP contribution is 2.12. The highest BCUT2D eigenvalue weighted by atomic mass is 32.2. The first-order chi connectivity index (χ1) is 6.59. The Kier molecular flexibility index (Phi) is 3.51. The second-order valence-corrected chi connectivity index (χ2v) is 4.52. The molecule has 0 aromatic carbocycles. The molecule has 0 aliphatic carbocycles. The summed E-state index contributed by atoms with van der Waals surface area (Å²) in [7, 11) is -3.45. The molecule has 0 bridgehead atoms. The minimum absolute atomic E-state index is 0.0297. The van der Waals surface area contributed by atoms with Crippen molar-refractivity contribution in [2.45, 2.75) is 26.8 Å². The first-order valence-corrected chi connectivity index (χ1v) is 6.10. The Labute approximate surface area is 83.8 Å². The average Bonchev–Trinajstić information content (AvgIpc) is 2.50. The molecule has 0 amide bonds. The van der Waals surface area contributed by atoms with Crippen LogP contribution in [0.4, 0.5) is 0 Å². The molecular weight excluding hydrogens is 204 g/mol. The zero-order chi connectivity index (χ0) is 10.6. The maximum Gasteiger partial charge on any atom is 0.310 e. The van der Waals surface area contributed by atoms with Crippen LogP contribution in [0.2, 0.25) is 0 Å². The minimum atomic E-state index is -3.45. The lowest BCUT2D eigenvalue weighted by atomic mass is 10.6. The molecule has 0 aliphatic rings. The minimum Gasteiger partial charge on any atom is -0.362 e. The first-order valence-electron chi connectivity index (χ1n) is 4.53. The van der Waals surface area contributed by atoms with Crippen molar-refractivity contribution in [3.8, 4) is 5.88 Å². The number of rotatable bonds is 5. The summed E-state index contributed by atoms with van der Waals surface area (Å²) in [5.41, 5.74) is 0. The predicted octanol–water partition coefficient (Wildman–Crippen LogP) is 1.02. The standard InChI is InChI=1S/C8H14N2O3S/c1-3-7-14(11,12)13-8-5-6-9-10(8)4-2/h5-6H,3-4,7H2,1-2H3.